The SMILES string of the molecule is CN(C)C(=NCCCCCCOP(C)(=O)C(C)(C)C)N(C)C. The third kappa shape index (κ3) is 8.19. The molecular weight excluding hydrogens is 297 g/mol. The quantitative estimate of drug-likeness (QED) is 0.294. The Morgan fingerprint density at radius 2 is 1.50 bits per heavy atom. The zero-order valence-electron chi connectivity index (χ0n) is 15.8. The van der Waals surface area contributed by atoms with Crippen LogP contribution in [0.25, 0.3) is 0 Å². The van der Waals surface area contributed by atoms with Crippen molar-refractivity contribution in [1.29, 1.82) is 0 Å². The van der Waals surface area contributed by atoms with Crippen LogP contribution in [-0.4, -0.2) is 68.9 Å². The van der Waals surface area contributed by atoms with Gasteiger partial charge in [-0.2, -0.15) is 0 Å². The molecule has 0 fully saturated rings. The molecule has 22 heavy (non-hydrogen) atoms. The summed E-state index contributed by atoms with van der Waals surface area (Å²) < 4.78 is 17.9. The third-order valence-corrected chi connectivity index (χ3v) is 6.77. The first kappa shape index (κ1) is 21.5. The molecule has 0 aliphatic heterocycles. The second-order valence-electron chi connectivity index (χ2n) is 7.23. The van der Waals surface area contributed by atoms with Crippen molar-refractivity contribution in [3.8, 4) is 0 Å². The molecule has 0 aromatic carbocycles. The summed E-state index contributed by atoms with van der Waals surface area (Å²) in [6.07, 6.45) is 4.27. The van der Waals surface area contributed by atoms with E-state index in [1.54, 1.807) is 6.66 Å². The molecule has 0 bridgehead atoms. The molecule has 5 nitrogen and oxygen atoms in total. The molecule has 0 aromatic heterocycles. The van der Waals surface area contributed by atoms with Crippen molar-refractivity contribution in [3.63, 3.8) is 0 Å². The minimum atomic E-state index is -2.51. The maximum Gasteiger partial charge on any atom is 0.205 e. The topological polar surface area (TPSA) is 45.1 Å². The van der Waals surface area contributed by atoms with Crippen molar-refractivity contribution < 1.29 is 9.09 Å². The van der Waals surface area contributed by atoms with E-state index in [1.807, 2.05) is 58.8 Å². The first-order chi connectivity index (χ1) is 9.99. The molecule has 1 atom stereocenters. The molecule has 0 rings (SSSR count). The van der Waals surface area contributed by atoms with Crippen LogP contribution in [-0.2, 0) is 9.09 Å². The first-order valence-electron chi connectivity index (χ1n) is 8.10. The molecule has 0 saturated carbocycles. The third-order valence-electron chi connectivity index (χ3n) is 3.66. The van der Waals surface area contributed by atoms with E-state index < -0.39 is 7.37 Å². The summed E-state index contributed by atoms with van der Waals surface area (Å²) in [5.41, 5.74) is 0. The first-order valence-corrected chi connectivity index (χ1v) is 10.2. The predicted molar refractivity (Wildman–Crippen MR) is 97.4 cm³/mol. The van der Waals surface area contributed by atoms with Gasteiger partial charge in [-0.3, -0.25) is 9.56 Å². The van der Waals surface area contributed by atoms with Crippen LogP contribution in [0.4, 0.5) is 0 Å². The molecule has 132 valence electrons. The van der Waals surface area contributed by atoms with Gasteiger partial charge in [-0.25, -0.2) is 0 Å². The van der Waals surface area contributed by atoms with Crippen LogP contribution in [0.3, 0.4) is 0 Å². The van der Waals surface area contributed by atoms with Crippen LogP contribution in [0.5, 0.6) is 0 Å². The van der Waals surface area contributed by atoms with Gasteiger partial charge < -0.3 is 14.3 Å². The molecule has 6 heteroatoms. The van der Waals surface area contributed by atoms with Gasteiger partial charge in [-0.15, -0.1) is 0 Å². The van der Waals surface area contributed by atoms with E-state index in [4.69, 9.17) is 4.52 Å². The Kier molecular flexibility index (Phi) is 9.33. The molecule has 1 unspecified atom stereocenters. The molecule has 0 amide bonds. The monoisotopic (exact) mass is 333 g/mol. The van der Waals surface area contributed by atoms with Crippen molar-refractivity contribution in [2.45, 2.75) is 51.6 Å². The van der Waals surface area contributed by atoms with E-state index in [1.165, 1.54) is 0 Å². The highest BCUT2D eigenvalue weighted by molar-refractivity contribution is 7.59. The van der Waals surface area contributed by atoms with Crippen LogP contribution < -0.4 is 0 Å². The van der Waals surface area contributed by atoms with Gasteiger partial charge in [0, 0.05) is 46.6 Å². The highest BCUT2D eigenvalue weighted by Gasteiger charge is 2.32. The molecule has 0 saturated heterocycles. The number of hydrogen-bond donors (Lipinski definition) is 0. The smallest absolute Gasteiger partial charge is 0.205 e. The predicted octanol–water partition coefficient (Wildman–Crippen LogP) is 3.75. The van der Waals surface area contributed by atoms with Gasteiger partial charge in [0.15, 0.2) is 5.96 Å². The number of rotatable bonds is 8. The summed E-state index contributed by atoms with van der Waals surface area (Å²) >= 11 is 0. The number of nitrogens with zero attached hydrogens (tertiary/aromatic N) is 3. The molecule has 0 radical (unpaired) electrons. The fourth-order valence-corrected chi connectivity index (χ4v) is 2.73. The normalized spacial score (nSPS) is 14.4. The van der Waals surface area contributed by atoms with Crippen molar-refractivity contribution in [3.05, 3.63) is 0 Å². The number of unbranched alkanes of at least 4 members (excludes halogenated alkanes) is 3. The fourth-order valence-electron chi connectivity index (χ4n) is 1.86. The van der Waals surface area contributed by atoms with Gasteiger partial charge in [-0.05, 0) is 12.8 Å². The van der Waals surface area contributed by atoms with Gasteiger partial charge in [-0.1, -0.05) is 33.6 Å². The summed E-state index contributed by atoms with van der Waals surface area (Å²) in [7, 11) is 5.53. The van der Waals surface area contributed by atoms with E-state index in [-0.39, 0.29) is 5.16 Å². The lowest BCUT2D eigenvalue weighted by Crippen LogP contribution is -2.35. The summed E-state index contributed by atoms with van der Waals surface area (Å²) in [5, 5.41) is -0.267. The fraction of sp³-hybridized carbons (Fsp3) is 0.938. The molecule has 0 N–H and O–H groups in total. The van der Waals surface area contributed by atoms with Gasteiger partial charge in [0.05, 0.1) is 6.61 Å². The highest BCUT2D eigenvalue weighted by atomic mass is 31.2. The van der Waals surface area contributed by atoms with Crippen LogP contribution in [0.2, 0.25) is 0 Å². The second kappa shape index (κ2) is 9.57. The zero-order chi connectivity index (χ0) is 17.4. The van der Waals surface area contributed by atoms with E-state index in [0.29, 0.717) is 6.61 Å². The molecule has 0 aliphatic carbocycles. The van der Waals surface area contributed by atoms with Crippen LogP contribution in [0, 0.1) is 0 Å². The van der Waals surface area contributed by atoms with Crippen molar-refractivity contribution in [2.24, 2.45) is 4.99 Å². The van der Waals surface area contributed by atoms with Gasteiger partial charge in [0.1, 0.15) is 0 Å². The van der Waals surface area contributed by atoms with Gasteiger partial charge in [0.25, 0.3) is 0 Å². The Morgan fingerprint density at radius 1 is 1.00 bits per heavy atom. The van der Waals surface area contributed by atoms with E-state index in [2.05, 4.69) is 4.99 Å². The summed E-state index contributed by atoms with van der Waals surface area (Å²) in [6.45, 7) is 9.10. The summed E-state index contributed by atoms with van der Waals surface area (Å²) in [4.78, 5) is 8.66. The Bertz CT molecular complexity index is 377. The average Bonchev–Trinajstić information content (AvgIpc) is 2.34. The molecule has 0 spiro atoms. The minimum Gasteiger partial charge on any atom is -0.349 e. The van der Waals surface area contributed by atoms with E-state index in [0.717, 1.165) is 38.2 Å². The Morgan fingerprint density at radius 3 is 1.95 bits per heavy atom. The second-order valence-corrected chi connectivity index (χ2v) is 10.5. The Hall–Kier alpha value is -0.540. The summed E-state index contributed by atoms with van der Waals surface area (Å²) in [6, 6.07) is 0. The largest absolute Gasteiger partial charge is 0.349 e. The van der Waals surface area contributed by atoms with Crippen LogP contribution >= 0.6 is 7.37 Å². The summed E-state index contributed by atoms with van der Waals surface area (Å²) in [5.74, 6) is 1.00. The number of hydrogen-bond acceptors (Lipinski definition) is 3. The molecular formula is C16H36N3O2P. The average molecular weight is 333 g/mol. The number of guanidine groups is 1. The Labute approximate surface area is 137 Å². The zero-order valence-corrected chi connectivity index (χ0v) is 16.7. The van der Waals surface area contributed by atoms with Gasteiger partial charge in [0.2, 0.25) is 7.37 Å². The van der Waals surface area contributed by atoms with Crippen LogP contribution in [0.1, 0.15) is 46.5 Å². The van der Waals surface area contributed by atoms with Crippen molar-refractivity contribution in [2.75, 3.05) is 48.0 Å². The maximum atomic E-state index is 12.3. The lowest BCUT2D eigenvalue weighted by atomic mass is 10.2. The van der Waals surface area contributed by atoms with E-state index >= 15 is 0 Å². The van der Waals surface area contributed by atoms with Crippen molar-refractivity contribution in [1.82, 2.24) is 9.80 Å². The lowest BCUT2D eigenvalue weighted by Gasteiger charge is -2.27. The van der Waals surface area contributed by atoms with Crippen molar-refractivity contribution >= 4 is 13.3 Å². The standard InChI is InChI=1S/C16H36N3O2P/c1-16(2,3)22(8,20)21-14-12-10-9-11-13-17-15(18(4)5)19(6)7/h9-14H2,1-8H3. The molecule has 0 heterocycles. The number of aliphatic imine (C=N–C) groups is 1. The lowest BCUT2D eigenvalue weighted by molar-refractivity contribution is 0.292. The Balaban J connectivity index is 3.84. The highest BCUT2D eigenvalue weighted by Crippen LogP contribution is 2.55. The van der Waals surface area contributed by atoms with Crippen LogP contribution in [0.15, 0.2) is 4.99 Å². The maximum absolute atomic E-state index is 12.3. The van der Waals surface area contributed by atoms with E-state index in [9.17, 15) is 4.57 Å². The minimum absolute atomic E-state index is 0.267. The molecule has 0 aliphatic rings. The molecule has 0 aromatic rings. The van der Waals surface area contributed by atoms with Gasteiger partial charge >= 0.3 is 0 Å².